The first-order valence-corrected chi connectivity index (χ1v) is 8.20. The van der Waals surface area contributed by atoms with Gasteiger partial charge >= 0.3 is 0 Å². The van der Waals surface area contributed by atoms with E-state index in [0.717, 1.165) is 18.3 Å². The van der Waals surface area contributed by atoms with Gasteiger partial charge in [-0.05, 0) is 40.8 Å². The Hall–Kier alpha value is -1.61. The Bertz CT molecular complexity index is 818. The lowest BCUT2D eigenvalue weighted by atomic mass is 10.2. The molecule has 0 aliphatic heterocycles. The Kier molecular flexibility index (Phi) is 4.34. The van der Waals surface area contributed by atoms with Gasteiger partial charge in [0.25, 0.3) is 0 Å². The summed E-state index contributed by atoms with van der Waals surface area (Å²) >= 11 is 5.56. The van der Waals surface area contributed by atoms with E-state index >= 15 is 0 Å². The van der Waals surface area contributed by atoms with Crippen molar-refractivity contribution < 1.29 is 9.94 Å². The van der Waals surface area contributed by atoms with Crippen LogP contribution < -0.4 is 4.74 Å². The predicted molar refractivity (Wildman–Crippen MR) is 95.0 cm³/mol. The van der Waals surface area contributed by atoms with Crippen LogP contribution in [0, 0.1) is 3.57 Å². The zero-order chi connectivity index (χ0) is 15.7. The minimum atomic E-state index is 0.396. The molecule has 0 aliphatic rings. The molecule has 2 heterocycles. The van der Waals surface area contributed by atoms with Crippen LogP contribution in [-0.2, 0) is 0 Å². The number of hydrogen-bond acceptors (Lipinski definition) is 4. The molecule has 0 amide bonds. The van der Waals surface area contributed by atoms with Gasteiger partial charge in [0, 0.05) is 19.8 Å². The molecule has 0 saturated heterocycles. The largest absolute Gasteiger partial charge is 0.480 e. The van der Waals surface area contributed by atoms with Gasteiger partial charge in [-0.15, -0.1) is 0 Å². The highest BCUT2D eigenvalue weighted by atomic mass is 127. The number of rotatable bonds is 3. The van der Waals surface area contributed by atoms with E-state index in [1.54, 1.807) is 19.5 Å². The molecule has 5 nitrogen and oxygen atoms in total. The number of nitrogens with zero attached hydrogens (tertiary/aromatic N) is 3. The highest BCUT2D eigenvalue weighted by molar-refractivity contribution is 14.1. The van der Waals surface area contributed by atoms with Crippen LogP contribution in [-0.4, -0.2) is 27.0 Å². The minimum Gasteiger partial charge on any atom is -0.480 e. The average Bonchev–Trinajstić information content (AvgIpc) is 2.89. The predicted octanol–water partition coefficient (Wildman–Crippen LogP) is 4.23. The van der Waals surface area contributed by atoms with Gasteiger partial charge in [0.2, 0.25) is 5.88 Å². The van der Waals surface area contributed by atoms with Crippen molar-refractivity contribution in [2.24, 2.45) is 0 Å². The zero-order valence-corrected chi connectivity index (χ0v) is 15.2. The molecule has 7 heteroatoms. The Morgan fingerprint density at radius 3 is 2.59 bits per heavy atom. The van der Waals surface area contributed by atoms with Crippen LogP contribution in [0.5, 0.6) is 5.88 Å². The fraction of sp³-hybridized carbons (Fsp3) is 0.0667. The van der Waals surface area contributed by atoms with Crippen molar-refractivity contribution in [2.45, 2.75) is 0 Å². The van der Waals surface area contributed by atoms with E-state index in [0.29, 0.717) is 23.0 Å². The van der Waals surface area contributed by atoms with Crippen molar-refractivity contribution in [3.63, 3.8) is 0 Å². The molecule has 3 rings (SSSR count). The SMILES string of the molecule is COc1nccc(I)c1-c1ncc(-c2ccc(Br)cc2)n1O. The van der Waals surface area contributed by atoms with Gasteiger partial charge in [0.1, 0.15) is 5.69 Å². The number of halogens is 2. The second-order valence-corrected chi connectivity index (χ2v) is 6.54. The summed E-state index contributed by atoms with van der Waals surface area (Å²) in [4.78, 5) is 8.50. The molecule has 0 unspecified atom stereocenters. The monoisotopic (exact) mass is 471 g/mol. The molecule has 112 valence electrons. The van der Waals surface area contributed by atoms with Crippen LogP contribution in [0.1, 0.15) is 0 Å². The van der Waals surface area contributed by atoms with Gasteiger partial charge in [0.15, 0.2) is 5.82 Å². The Morgan fingerprint density at radius 2 is 1.91 bits per heavy atom. The minimum absolute atomic E-state index is 0.396. The molecule has 0 aliphatic carbocycles. The van der Waals surface area contributed by atoms with Gasteiger partial charge in [-0.2, -0.15) is 4.73 Å². The smallest absolute Gasteiger partial charge is 0.225 e. The van der Waals surface area contributed by atoms with Crippen molar-refractivity contribution >= 4 is 38.5 Å². The second-order valence-electron chi connectivity index (χ2n) is 4.46. The van der Waals surface area contributed by atoms with Crippen LogP contribution in [0.15, 0.2) is 47.2 Å². The first-order chi connectivity index (χ1) is 10.6. The van der Waals surface area contributed by atoms with Crippen LogP contribution in [0.3, 0.4) is 0 Å². The summed E-state index contributed by atoms with van der Waals surface area (Å²) in [5, 5.41) is 10.5. The fourth-order valence-corrected chi connectivity index (χ4v) is 3.01. The highest BCUT2D eigenvalue weighted by Crippen LogP contribution is 2.33. The summed E-state index contributed by atoms with van der Waals surface area (Å²) < 4.78 is 8.21. The van der Waals surface area contributed by atoms with E-state index in [1.807, 2.05) is 30.3 Å². The van der Waals surface area contributed by atoms with Crippen LogP contribution in [0.2, 0.25) is 0 Å². The molecule has 0 bridgehead atoms. The van der Waals surface area contributed by atoms with Gasteiger partial charge in [-0.3, -0.25) is 0 Å². The summed E-state index contributed by atoms with van der Waals surface area (Å²) in [6.07, 6.45) is 3.28. The lowest BCUT2D eigenvalue weighted by Gasteiger charge is -2.09. The number of imidazole rings is 1. The Balaban J connectivity index is 2.14. The van der Waals surface area contributed by atoms with E-state index in [4.69, 9.17) is 4.74 Å². The third-order valence-electron chi connectivity index (χ3n) is 3.16. The van der Waals surface area contributed by atoms with E-state index in [-0.39, 0.29) is 0 Å². The number of pyridine rings is 1. The third kappa shape index (κ3) is 2.70. The molecule has 1 N–H and O–H groups in total. The van der Waals surface area contributed by atoms with Crippen LogP contribution in [0.25, 0.3) is 22.6 Å². The van der Waals surface area contributed by atoms with Crippen molar-refractivity contribution in [3.05, 3.63) is 50.8 Å². The third-order valence-corrected chi connectivity index (χ3v) is 4.59. The molecule has 2 aromatic heterocycles. The molecule has 0 atom stereocenters. The van der Waals surface area contributed by atoms with Crippen molar-refractivity contribution in [2.75, 3.05) is 7.11 Å². The zero-order valence-electron chi connectivity index (χ0n) is 11.5. The molecular weight excluding hydrogens is 461 g/mol. The first kappa shape index (κ1) is 15.3. The average molecular weight is 472 g/mol. The Labute approximate surface area is 149 Å². The summed E-state index contributed by atoms with van der Waals surface area (Å²) in [7, 11) is 1.54. The van der Waals surface area contributed by atoms with Crippen molar-refractivity contribution in [1.82, 2.24) is 14.7 Å². The maximum atomic E-state index is 10.5. The van der Waals surface area contributed by atoms with Crippen molar-refractivity contribution in [3.8, 4) is 28.5 Å². The maximum absolute atomic E-state index is 10.5. The molecule has 1 aromatic carbocycles. The first-order valence-electron chi connectivity index (χ1n) is 6.33. The number of aromatic nitrogens is 3. The lowest BCUT2D eigenvalue weighted by molar-refractivity contribution is 0.195. The number of ether oxygens (including phenoxy) is 1. The van der Waals surface area contributed by atoms with Crippen LogP contribution >= 0.6 is 38.5 Å². The topological polar surface area (TPSA) is 60.2 Å². The van der Waals surface area contributed by atoms with E-state index in [2.05, 4.69) is 48.5 Å². The number of methoxy groups -OCH3 is 1. The molecule has 3 aromatic rings. The normalized spacial score (nSPS) is 10.7. The van der Waals surface area contributed by atoms with Gasteiger partial charge in [0.05, 0.1) is 18.9 Å². The van der Waals surface area contributed by atoms with Crippen LogP contribution in [0.4, 0.5) is 0 Å². The summed E-state index contributed by atoms with van der Waals surface area (Å²) in [6, 6.07) is 9.48. The summed E-state index contributed by atoms with van der Waals surface area (Å²) in [6.45, 7) is 0. The summed E-state index contributed by atoms with van der Waals surface area (Å²) in [5.41, 5.74) is 2.13. The van der Waals surface area contributed by atoms with Gasteiger partial charge < -0.3 is 9.94 Å². The highest BCUT2D eigenvalue weighted by Gasteiger charge is 2.19. The lowest BCUT2D eigenvalue weighted by Crippen LogP contribution is -2.01. The Morgan fingerprint density at radius 1 is 1.18 bits per heavy atom. The van der Waals surface area contributed by atoms with E-state index in [1.165, 1.54) is 0 Å². The summed E-state index contributed by atoms with van der Waals surface area (Å²) in [5.74, 6) is 0.822. The van der Waals surface area contributed by atoms with Crippen molar-refractivity contribution in [1.29, 1.82) is 0 Å². The maximum Gasteiger partial charge on any atom is 0.225 e. The van der Waals surface area contributed by atoms with E-state index < -0.39 is 0 Å². The fourth-order valence-electron chi connectivity index (χ4n) is 2.11. The number of benzene rings is 1. The number of hydrogen-bond donors (Lipinski definition) is 1. The quantitative estimate of drug-likeness (QED) is 0.458. The molecular formula is C15H11BrIN3O2. The van der Waals surface area contributed by atoms with E-state index in [9.17, 15) is 5.21 Å². The van der Waals surface area contributed by atoms with Gasteiger partial charge in [-0.1, -0.05) is 28.1 Å². The second kappa shape index (κ2) is 6.25. The van der Waals surface area contributed by atoms with Gasteiger partial charge in [-0.25, -0.2) is 9.97 Å². The standard InChI is InChI=1S/C15H11BrIN3O2/c1-22-15-13(11(17)6-7-18-15)14-19-8-12(20(14)21)9-2-4-10(16)5-3-9/h2-8,21H,1H3. The molecule has 0 spiro atoms. The molecule has 0 saturated carbocycles. The molecule has 0 fully saturated rings. The molecule has 0 radical (unpaired) electrons. The molecule has 22 heavy (non-hydrogen) atoms.